The van der Waals surface area contributed by atoms with Crippen molar-refractivity contribution in [3.8, 4) is 11.5 Å². The molecule has 2 rings (SSSR count). The summed E-state index contributed by atoms with van der Waals surface area (Å²) < 4.78 is 5.64. The molecule has 0 atom stereocenters. The van der Waals surface area contributed by atoms with E-state index >= 15 is 0 Å². The molecular weight excluding hydrogens is 311 g/mol. The van der Waals surface area contributed by atoms with E-state index in [1.54, 1.807) is 48.5 Å². The fraction of sp³-hybridized carbons (Fsp3) is 0.125. The first kappa shape index (κ1) is 15.5. The lowest BCUT2D eigenvalue weighted by molar-refractivity contribution is 0.101. The van der Waals surface area contributed by atoms with E-state index in [-0.39, 0.29) is 23.3 Å². The van der Waals surface area contributed by atoms with Gasteiger partial charge in [0.05, 0.1) is 11.8 Å². The summed E-state index contributed by atoms with van der Waals surface area (Å²) in [5, 5.41) is 0. The number of hydrogen-bond donors (Lipinski definition) is 0. The maximum atomic E-state index is 11.5. The molecule has 0 saturated carbocycles. The second kappa shape index (κ2) is 7.25. The Morgan fingerprint density at radius 3 is 2.05 bits per heavy atom. The van der Waals surface area contributed by atoms with Gasteiger partial charge in [0.25, 0.3) is 0 Å². The number of halogens is 2. The number of Topliss-reactive ketones (excluding diaryl/α,β-unsaturated/α-hetero) is 2. The van der Waals surface area contributed by atoms with E-state index in [1.165, 1.54) is 0 Å². The van der Waals surface area contributed by atoms with E-state index in [1.807, 2.05) is 0 Å². The lowest BCUT2D eigenvalue weighted by atomic mass is 10.1. The lowest BCUT2D eigenvalue weighted by Crippen LogP contribution is -2.00. The van der Waals surface area contributed by atoms with Gasteiger partial charge in [-0.25, -0.2) is 0 Å². The first-order valence-electron chi connectivity index (χ1n) is 6.20. The first-order valence-corrected chi connectivity index (χ1v) is 7.27. The van der Waals surface area contributed by atoms with Gasteiger partial charge < -0.3 is 4.74 Å². The first-order chi connectivity index (χ1) is 10.1. The van der Waals surface area contributed by atoms with Crippen LogP contribution in [0.15, 0.2) is 48.5 Å². The molecule has 0 aliphatic rings. The summed E-state index contributed by atoms with van der Waals surface area (Å²) in [6, 6.07) is 13.4. The van der Waals surface area contributed by atoms with E-state index in [4.69, 9.17) is 27.9 Å². The topological polar surface area (TPSA) is 43.4 Å². The van der Waals surface area contributed by atoms with Crippen molar-refractivity contribution in [3.05, 3.63) is 59.7 Å². The van der Waals surface area contributed by atoms with Crippen molar-refractivity contribution in [1.82, 2.24) is 0 Å². The van der Waals surface area contributed by atoms with Gasteiger partial charge in [-0.3, -0.25) is 9.59 Å². The highest BCUT2D eigenvalue weighted by molar-refractivity contribution is 6.30. The molecule has 0 radical (unpaired) electrons. The van der Waals surface area contributed by atoms with Gasteiger partial charge in [-0.1, -0.05) is 12.1 Å². The summed E-state index contributed by atoms with van der Waals surface area (Å²) >= 11 is 11.0. The average molecular weight is 323 g/mol. The zero-order chi connectivity index (χ0) is 15.2. The van der Waals surface area contributed by atoms with Gasteiger partial charge in [-0.05, 0) is 36.4 Å². The van der Waals surface area contributed by atoms with Crippen molar-refractivity contribution in [2.45, 2.75) is 0 Å². The largest absolute Gasteiger partial charge is 0.457 e. The van der Waals surface area contributed by atoms with Gasteiger partial charge in [0.1, 0.15) is 11.5 Å². The number of ketones is 2. The Balaban J connectivity index is 2.15. The Bertz CT molecular complexity index is 651. The van der Waals surface area contributed by atoms with Crippen LogP contribution >= 0.6 is 23.2 Å². The van der Waals surface area contributed by atoms with E-state index in [9.17, 15) is 9.59 Å². The Labute approximate surface area is 132 Å². The molecule has 0 unspecified atom stereocenters. The predicted molar refractivity (Wildman–Crippen MR) is 83.1 cm³/mol. The van der Waals surface area contributed by atoms with Crippen molar-refractivity contribution < 1.29 is 14.3 Å². The number of hydrogen-bond acceptors (Lipinski definition) is 3. The number of rotatable bonds is 6. The van der Waals surface area contributed by atoms with Crippen molar-refractivity contribution in [2.75, 3.05) is 11.8 Å². The molecule has 5 heteroatoms. The molecule has 2 aromatic rings. The summed E-state index contributed by atoms with van der Waals surface area (Å²) in [4.78, 5) is 22.9. The van der Waals surface area contributed by atoms with Gasteiger partial charge in [0.15, 0.2) is 11.6 Å². The molecular formula is C16H12Cl2O3. The zero-order valence-corrected chi connectivity index (χ0v) is 12.5. The van der Waals surface area contributed by atoms with Gasteiger partial charge in [-0.15, -0.1) is 23.2 Å². The van der Waals surface area contributed by atoms with Crippen LogP contribution in [0.2, 0.25) is 0 Å². The van der Waals surface area contributed by atoms with E-state index in [0.717, 1.165) is 0 Å². The Morgan fingerprint density at radius 2 is 1.43 bits per heavy atom. The third-order valence-corrected chi connectivity index (χ3v) is 3.30. The fourth-order valence-corrected chi connectivity index (χ4v) is 2.04. The molecule has 0 fully saturated rings. The zero-order valence-electron chi connectivity index (χ0n) is 11.0. The van der Waals surface area contributed by atoms with Crippen molar-refractivity contribution >= 4 is 34.8 Å². The molecule has 0 spiro atoms. The molecule has 0 aromatic heterocycles. The molecule has 2 aromatic carbocycles. The van der Waals surface area contributed by atoms with Crippen LogP contribution < -0.4 is 4.74 Å². The second-order valence-corrected chi connectivity index (χ2v) is 4.80. The fourth-order valence-electron chi connectivity index (χ4n) is 1.73. The highest BCUT2D eigenvalue weighted by Gasteiger charge is 2.07. The average Bonchev–Trinajstić information content (AvgIpc) is 2.54. The Kier molecular flexibility index (Phi) is 5.37. The molecule has 0 aliphatic heterocycles. The van der Waals surface area contributed by atoms with Gasteiger partial charge in [0, 0.05) is 11.1 Å². The second-order valence-electron chi connectivity index (χ2n) is 4.27. The smallest absolute Gasteiger partial charge is 0.177 e. The van der Waals surface area contributed by atoms with Gasteiger partial charge in [-0.2, -0.15) is 0 Å². The monoisotopic (exact) mass is 322 g/mol. The van der Waals surface area contributed by atoms with Crippen LogP contribution in [-0.4, -0.2) is 23.3 Å². The van der Waals surface area contributed by atoms with Crippen LogP contribution in [0.1, 0.15) is 20.7 Å². The molecule has 0 bridgehead atoms. The highest BCUT2D eigenvalue weighted by atomic mass is 35.5. The number of alkyl halides is 2. The number of carbonyl (C=O) groups excluding carboxylic acids is 2. The van der Waals surface area contributed by atoms with Crippen LogP contribution in [0.4, 0.5) is 0 Å². The highest BCUT2D eigenvalue weighted by Crippen LogP contribution is 2.23. The molecule has 0 aliphatic carbocycles. The van der Waals surface area contributed by atoms with Crippen molar-refractivity contribution in [1.29, 1.82) is 0 Å². The molecule has 3 nitrogen and oxygen atoms in total. The summed E-state index contributed by atoms with van der Waals surface area (Å²) in [6.45, 7) is 0. The Morgan fingerprint density at radius 1 is 0.810 bits per heavy atom. The standard InChI is InChI=1S/C16H12Cl2O3/c17-9-15(19)11-4-6-13(7-5-11)21-14-3-1-2-12(8-14)16(20)10-18/h1-8H,9-10H2. The maximum Gasteiger partial charge on any atom is 0.177 e. The van der Waals surface area contributed by atoms with Crippen molar-refractivity contribution in [2.24, 2.45) is 0 Å². The van der Waals surface area contributed by atoms with Crippen molar-refractivity contribution in [3.63, 3.8) is 0 Å². The van der Waals surface area contributed by atoms with E-state index in [0.29, 0.717) is 22.6 Å². The van der Waals surface area contributed by atoms with Crippen LogP contribution in [0.3, 0.4) is 0 Å². The van der Waals surface area contributed by atoms with Crippen LogP contribution in [0, 0.1) is 0 Å². The number of carbonyl (C=O) groups is 2. The SMILES string of the molecule is O=C(CCl)c1ccc(Oc2cccc(C(=O)CCl)c2)cc1. The summed E-state index contributed by atoms with van der Waals surface area (Å²) in [6.07, 6.45) is 0. The Hall–Kier alpha value is -1.84. The molecule has 108 valence electrons. The van der Waals surface area contributed by atoms with E-state index < -0.39 is 0 Å². The molecule has 21 heavy (non-hydrogen) atoms. The summed E-state index contributed by atoms with van der Waals surface area (Å²) in [5.74, 6) is 0.670. The quantitative estimate of drug-likeness (QED) is 0.587. The minimum Gasteiger partial charge on any atom is -0.457 e. The van der Waals surface area contributed by atoms with Gasteiger partial charge in [0.2, 0.25) is 0 Å². The minimum atomic E-state index is -0.162. The van der Waals surface area contributed by atoms with Crippen LogP contribution in [0.25, 0.3) is 0 Å². The van der Waals surface area contributed by atoms with E-state index in [2.05, 4.69) is 0 Å². The maximum absolute atomic E-state index is 11.5. The predicted octanol–water partition coefficient (Wildman–Crippen LogP) is 4.32. The summed E-state index contributed by atoms with van der Waals surface area (Å²) in [5.41, 5.74) is 1.03. The molecule has 0 amide bonds. The lowest BCUT2D eigenvalue weighted by Gasteiger charge is -2.07. The van der Waals surface area contributed by atoms with Crippen LogP contribution in [-0.2, 0) is 0 Å². The molecule has 0 N–H and O–H groups in total. The van der Waals surface area contributed by atoms with Gasteiger partial charge >= 0.3 is 0 Å². The number of ether oxygens (including phenoxy) is 1. The third-order valence-electron chi connectivity index (χ3n) is 2.81. The molecule has 0 heterocycles. The van der Waals surface area contributed by atoms with Crippen LogP contribution in [0.5, 0.6) is 11.5 Å². The molecule has 0 saturated heterocycles. The minimum absolute atomic E-state index is 0.0528. The normalized spacial score (nSPS) is 10.2. The number of benzene rings is 2. The summed E-state index contributed by atoms with van der Waals surface area (Å²) in [7, 11) is 0. The third kappa shape index (κ3) is 4.06.